The van der Waals surface area contributed by atoms with Crippen LogP contribution in [0.4, 0.5) is 5.00 Å². The van der Waals surface area contributed by atoms with E-state index in [2.05, 4.69) is 5.32 Å². The Morgan fingerprint density at radius 2 is 1.96 bits per heavy atom. The molecule has 0 aromatic carbocycles. The molecule has 0 saturated carbocycles. The molecule has 0 spiro atoms. The van der Waals surface area contributed by atoms with Crippen LogP contribution in [0.2, 0.25) is 0 Å². The van der Waals surface area contributed by atoms with Crippen LogP contribution in [0.15, 0.2) is 0 Å². The zero-order valence-corrected chi connectivity index (χ0v) is 14.6. The first-order chi connectivity index (χ1) is 11.5. The van der Waals surface area contributed by atoms with Gasteiger partial charge in [-0.25, -0.2) is 4.79 Å². The van der Waals surface area contributed by atoms with Gasteiger partial charge in [-0.2, -0.15) is 0 Å². The lowest BCUT2D eigenvalue weighted by Gasteiger charge is -2.12. The van der Waals surface area contributed by atoms with Crippen molar-refractivity contribution in [2.75, 3.05) is 11.9 Å². The minimum absolute atomic E-state index is 0.0833. The van der Waals surface area contributed by atoms with E-state index >= 15 is 0 Å². The monoisotopic (exact) mass is 352 g/mol. The van der Waals surface area contributed by atoms with Crippen LogP contribution >= 0.6 is 11.3 Å². The number of ether oxygens (including phenoxy) is 1. The van der Waals surface area contributed by atoms with Gasteiger partial charge in [0.2, 0.25) is 5.91 Å². The lowest BCUT2D eigenvalue weighted by atomic mass is 9.95. The first-order valence-corrected chi connectivity index (χ1v) is 9.16. The van der Waals surface area contributed by atoms with E-state index in [0.717, 1.165) is 42.5 Å². The molecule has 2 rings (SSSR count). The van der Waals surface area contributed by atoms with E-state index < -0.39 is 5.97 Å². The Labute approximate surface area is 145 Å². The topological polar surface area (TPSA) is 95.5 Å². The third kappa shape index (κ3) is 4.80. The van der Waals surface area contributed by atoms with E-state index in [9.17, 15) is 19.5 Å². The highest BCUT2D eigenvalue weighted by Crippen LogP contribution is 2.38. The van der Waals surface area contributed by atoms with Crippen molar-refractivity contribution in [3.05, 3.63) is 16.0 Å². The summed E-state index contributed by atoms with van der Waals surface area (Å²) in [5, 5.41) is 13.7. The molecule has 132 valence electrons. The Hall–Kier alpha value is -1.89. The van der Waals surface area contributed by atoms with Crippen LogP contribution in [0, 0.1) is 0 Å². The normalized spacial score (nSPS) is 13.2. The van der Waals surface area contributed by atoms with Gasteiger partial charge >= 0.3 is 5.97 Å². The van der Waals surface area contributed by atoms with E-state index in [4.69, 9.17) is 4.74 Å². The maximum absolute atomic E-state index is 12.4. The van der Waals surface area contributed by atoms with Crippen molar-refractivity contribution in [3.63, 3.8) is 0 Å². The van der Waals surface area contributed by atoms with E-state index in [-0.39, 0.29) is 31.1 Å². The predicted octanol–water partition coefficient (Wildman–Crippen LogP) is 2.05. The molecule has 24 heavy (non-hydrogen) atoms. The molecular formula is C17H22NO5S-. The van der Waals surface area contributed by atoms with Gasteiger partial charge in [0.15, 0.2) is 0 Å². The van der Waals surface area contributed by atoms with Crippen LogP contribution in [0.25, 0.3) is 0 Å². The highest BCUT2D eigenvalue weighted by molar-refractivity contribution is 7.17. The van der Waals surface area contributed by atoms with Crippen LogP contribution in [-0.2, 0) is 27.2 Å². The number of amides is 1. The lowest BCUT2D eigenvalue weighted by molar-refractivity contribution is -0.305. The Morgan fingerprint density at radius 1 is 1.21 bits per heavy atom. The molecule has 0 bridgehead atoms. The molecule has 7 heteroatoms. The molecule has 1 amide bonds. The summed E-state index contributed by atoms with van der Waals surface area (Å²) in [6, 6.07) is 0. The number of carbonyl (C=O) groups is 3. The molecule has 0 unspecified atom stereocenters. The number of anilines is 1. The summed E-state index contributed by atoms with van der Waals surface area (Å²) in [6.45, 7) is 2.28. The van der Waals surface area contributed by atoms with Crippen LogP contribution in [0.5, 0.6) is 0 Å². The highest BCUT2D eigenvalue weighted by Gasteiger charge is 2.27. The molecule has 1 N–H and O–H groups in total. The van der Waals surface area contributed by atoms with Gasteiger partial charge in [0.1, 0.15) is 5.00 Å². The molecular weight excluding hydrogens is 330 g/mol. The van der Waals surface area contributed by atoms with Crippen molar-refractivity contribution in [2.24, 2.45) is 0 Å². The Kier molecular flexibility index (Phi) is 6.78. The van der Waals surface area contributed by atoms with Gasteiger partial charge in [-0.3, -0.25) is 4.79 Å². The fourth-order valence-corrected chi connectivity index (χ4v) is 4.01. The molecule has 1 aromatic heterocycles. The van der Waals surface area contributed by atoms with Gasteiger partial charge in [0.25, 0.3) is 0 Å². The van der Waals surface area contributed by atoms with Gasteiger partial charge in [-0.1, -0.05) is 6.92 Å². The van der Waals surface area contributed by atoms with E-state index in [1.165, 1.54) is 11.3 Å². The number of carboxylic acids is 1. The van der Waals surface area contributed by atoms with Crippen molar-refractivity contribution < 1.29 is 24.2 Å². The molecule has 0 radical (unpaired) electrons. The van der Waals surface area contributed by atoms with Crippen molar-refractivity contribution in [1.29, 1.82) is 0 Å². The number of rotatable bonds is 8. The van der Waals surface area contributed by atoms with Gasteiger partial charge in [0, 0.05) is 17.3 Å². The number of hydrogen-bond donors (Lipinski definition) is 1. The molecule has 0 aliphatic heterocycles. The van der Waals surface area contributed by atoms with Crippen molar-refractivity contribution in [1.82, 2.24) is 0 Å². The first-order valence-electron chi connectivity index (χ1n) is 8.34. The SMILES string of the molecule is CCCOC(=O)c1c(NC(=O)CCCC(=O)[O-])sc2c1CCCC2. The van der Waals surface area contributed by atoms with E-state index in [0.29, 0.717) is 17.2 Å². The number of thiophene rings is 1. The predicted molar refractivity (Wildman–Crippen MR) is 89.0 cm³/mol. The zero-order valence-electron chi connectivity index (χ0n) is 13.8. The Morgan fingerprint density at radius 3 is 2.67 bits per heavy atom. The summed E-state index contributed by atoms with van der Waals surface area (Å²) in [5.74, 6) is -1.85. The summed E-state index contributed by atoms with van der Waals surface area (Å²) < 4.78 is 5.27. The summed E-state index contributed by atoms with van der Waals surface area (Å²) in [4.78, 5) is 36.0. The van der Waals surface area contributed by atoms with Crippen molar-refractivity contribution >= 4 is 34.2 Å². The summed E-state index contributed by atoms with van der Waals surface area (Å²) in [7, 11) is 0. The van der Waals surface area contributed by atoms with Gasteiger partial charge in [-0.05, 0) is 50.5 Å². The maximum atomic E-state index is 12.4. The third-order valence-electron chi connectivity index (χ3n) is 3.85. The summed E-state index contributed by atoms with van der Waals surface area (Å²) >= 11 is 1.43. The molecule has 0 saturated heterocycles. The second kappa shape index (κ2) is 8.82. The van der Waals surface area contributed by atoms with E-state index in [1.54, 1.807) is 0 Å². The number of hydrogen-bond acceptors (Lipinski definition) is 6. The second-order valence-electron chi connectivity index (χ2n) is 5.82. The minimum atomic E-state index is -1.17. The largest absolute Gasteiger partial charge is 0.550 e. The quantitative estimate of drug-likeness (QED) is 0.723. The third-order valence-corrected chi connectivity index (χ3v) is 5.06. The fourth-order valence-electron chi connectivity index (χ4n) is 2.72. The van der Waals surface area contributed by atoms with Crippen LogP contribution in [0.1, 0.15) is 66.2 Å². The molecule has 1 aliphatic rings. The lowest BCUT2D eigenvalue weighted by Crippen LogP contribution is -2.22. The summed E-state index contributed by atoms with van der Waals surface area (Å²) in [5.41, 5.74) is 1.48. The smallest absolute Gasteiger partial charge is 0.341 e. The fraction of sp³-hybridized carbons (Fsp3) is 0.588. The number of carbonyl (C=O) groups excluding carboxylic acids is 3. The zero-order chi connectivity index (χ0) is 17.5. The molecule has 1 aliphatic carbocycles. The van der Waals surface area contributed by atoms with Crippen LogP contribution in [-0.4, -0.2) is 24.5 Å². The number of fused-ring (bicyclic) bond motifs is 1. The molecule has 6 nitrogen and oxygen atoms in total. The van der Waals surface area contributed by atoms with Crippen molar-refractivity contribution in [3.8, 4) is 0 Å². The number of esters is 1. The van der Waals surface area contributed by atoms with Crippen LogP contribution in [0.3, 0.4) is 0 Å². The highest BCUT2D eigenvalue weighted by atomic mass is 32.1. The molecule has 1 heterocycles. The average molecular weight is 352 g/mol. The average Bonchev–Trinajstić information content (AvgIpc) is 2.89. The van der Waals surface area contributed by atoms with Gasteiger partial charge in [0.05, 0.1) is 12.2 Å². The van der Waals surface area contributed by atoms with Gasteiger partial charge < -0.3 is 20.0 Å². The number of aryl methyl sites for hydroxylation is 1. The molecule has 0 atom stereocenters. The van der Waals surface area contributed by atoms with Gasteiger partial charge in [-0.15, -0.1) is 11.3 Å². The Balaban J connectivity index is 2.12. The Bertz CT molecular complexity index is 623. The van der Waals surface area contributed by atoms with Crippen LogP contribution < -0.4 is 10.4 Å². The number of nitrogens with one attached hydrogen (secondary N) is 1. The molecule has 0 fully saturated rings. The standard InChI is InChI=1S/C17H23NO5S/c1-2-10-23-17(22)15-11-6-3-4-7-12(11)24-16(15)18-13(19)8-5-9-14(20)21/h2-10H2,1H3,(H,18,19)(H,20,21)/p-1. The second-order valence-corrected chi connectivity index (χ2v) is 6.93. The molecule has 1 aromatic rings. The first kappa shape index (κ1) is 18.4. The summed E-state index contributed by atoms with van der Waals surface area (Å²) in [6.07, 6.45) is 4.72. The van der Waals surface area contributed by atoms with E-state index in [1.807, 2.05) is 6.92 Å². The van der Waals surface area contributed by atoms with Crippen molar-refractivity contribution in [2.45, 2.75) is 58.3 Å². The number of aliphatic carboxylic acids is 1. The number of carboxylic acid groups (broad SMARTS) is 1. The minimum Gasteiger partial charge on any atom is -0.550 e. The maximum Gasteiger partial charge on any atom is 0.341 e.